The van der Waals surface area contributed by atoms with E-state index in [1.165, 1.54) is 0 Å². The SMILES string of the molecule is Cl.Cl.NCC1CN(C2CCN(C(=O)OCc3ccccc3)CC2)C1. The van der Waals surface area contributed by atoms with Gasteiger partial charge in [0.2, 0.25) is 0 Å². The van der Waals surface area contributed by atoms with Crippen molar-refractivity contribution < 1.29 is 9.53 Å². The molecule has 0 spiro atoms. The minimum atomic E-state index is -0.189. The second kappa shape index (κ2) is 10.1. The highest BCUT2D eigenvalue weighted by molar-refractivity contribution is 5.85. The van der Waals surface area contributed by atoms with Crippen LogP contribution in [0, 0.1) is 5.92 Å². The number of carbonyl (C=O) groups excluding carboxylic acids is 1. The lowest BCUT2D eigenvalue weighted by molar-refractivity contribution is 0.0189. The third-order valence-electron chi connectivity index (χ3n) is 4.76. The lowest BCUT2D eigenvalue weighted by Gasteiger charge is -2.46. The predicted molar refractivity (Wildman–Crippen MR) is 99.8 cm³/mol. The summed E-state index contributed by atoms with van der Waals surface area (Å²) in [6.45, 7) is 4.98. The van der Waals surface area contributed by atoms with E-state index in [2.05, 4.69) is 4.90 Å². The Morgan fingerprint density at radius 1 is 1.12 bits per heavy atom. The molecule has 0 saturated carbocycles. The van der Waals surface area contributed by atoms with E-state index in [9.17, 15) is 4.79 Å². The Bertz CT molecular complexity index is 490. The molecule has 2 fully saturated rings. The lowest BCUT2D eigenvalue weighted by atomic mass is 9.93. The monoisotopic (exact) mass is 375 g/mol. The molecule has 0 aliphatic carbocycles. The second-order valence-corrected chi connectivity index (χ2v) is 6.31. The Hall–Kier alpha value is -1.01. The molecule has 1 aromatic rings. The standard InChI is InChI=1S/C17H25N3O2.2ClH/c18-10-15-11-20(12-15)16-6-8-19(9-7-16)17(21)22-13-14-4-2-1-3-5-14;;/h1-5,15-16H,6-13,18H2;2*1H. The minimum absolute atomic E-state index is 0. The zero-order chi connectivity index (χ0) is 15.4. The molecule has 0 bridgehead atoms. The van der Waals surface area contributed by atoms with Gasteiger partial charge in [0.25, 0.3) is 0 Å². The van der Waals surface area contributed by atoms with Gasteiger partial charge in [0, 0.05) is 32.2 Å². The Balaban J connectivity index is 0.00000144. The topological polar surface area (TPSA) is 58.8 Å². The van der Waals surface area contributed by atoms with Gasteiger partial charge in [-0.05, 0) is 30.9 Å². The zero-order valence-corrected chi connectivity index (χ0v) is 15.4. The number of nitrogens with zero attached hydrogens (tertiary/aromatic N) is 2. The molecule has 2 aliphatic rings. The van der Waals surface area contributed by atoms with Crippen LogP contribution >= 0.6 is 24.8 Å². The summed E-state index contributed by atoms with van der Waals surface area (Å²) in [5.41, 5.74) is 6.70. The normalized spacial score (nSPS) is 19.0. The van der Waals surface area contributed by atoms with Crippen LogP contribution in [0.5, 0.6) is 0 Å². The fourth-order valence-corrected chi connectivity index (χ4v) is 3.28. The van der Waals surface area contributed by atoms with Crippen LogP contribution in [-0.2, 0) is 11.3 Å². The molecule has 136 valence electrons. The van der Waals surface area contributed by atoms with Gasteiger partial charge in [-0.15, -0.1) is 24.8 Å². The Kier molecular flexibility index (Phi) is 8.84. The Morgan fingerprint density at radius 3 is 2.33 bits per heavy atom. The molecule has 3 rings (SSSR count). The maximum atomic E-state index is 12.1. The van der Waals surface area contributed by atoms with E-state index >= 15 is 0 Å². The summed E-state index contributed by atoms with van der Waals surface area (Å²) >= 11 is 0. The van der Waals surface area contributed by atoms with E-state index in [1.807, 2.05) is 35.2 Å². The first-order chi connectivity index (χ1) is 10.8. The van der Waals surface area contributed by atoms with Crippen LogP contribution in [0.2, 0.25) is 0 Å². The van der Waals surface area contributed by atoms with E-state index in [1.54, 1.807) is 0 Å². The maximum Gasteiger partial charge on any atom is 0.410 e. The maximum absolute atomic E-state index is 12.1. The van der Waals surface area contributed by atoms with Crippen molar-refractivity contribution in [2.45, 2.75) is 25.5 Å². The van der Waals surface area contributed by atoms with Crippen molar-refractivity contribution in [3.63, 3.8) is 0 Å². The molecule has 2 N–H and O–H groups in total. The average molecular weight is 376 g/mol. The predicted octanol–water partition coefficient (Wildman–Crippen LogP) is 2.52. The molecule has 7 heteroatoms. The van der Waals surface area contributed by atoms with Gasteiger partial charge in [0.15, 0.2) is 0 Å². The first kappa shape index (κ1) is 21.0. The molecule has 0 atom stereocenters. The van der Waals surface area contributed by atoms with Crippen molar-refractivity contribution >= 4 is 30.9 Å². The first-order valence-corrected chi connectivity index (χ1v) is 8.16. The van der Waals surface area contributed by atoms with Crippen molar-refractivity contribution in [3.8, 4) is 0 Å². The number of halogens is 2. The summed E-state index contributed by atoms with van der Waals surface area (Å²) in [6, 6.07) is 10.4. The second-order valence-electron chi connectivity index (χ2n) is 6.31. The van der Waals surface area contributed by atoms with Gasteiger partial charge >= 0.3 is 6.09 Å². The molecule has 1 amide bonds. The first-order valence-electron chi connectivity index (χ1n) is 8.16. The molecule has 1 aromatic carbocycles. The summed E-state index contributed by atoms with van der Waals surface area (Å²) < 4.78 is 5.39. The lowest BCUT2D eigenvalue weighted by Crippen LogP contribution is -2.57. The van der Waals surface area contributed by atoms with Gasteiger partial charge in [0.05, 0.1) is 0 Å². The highest BCUT2D eigenvalue weighted by atomic mass is 35.5. The molecule has 0 unspecified atom stereocenters. The molecule has 2 heterocycles. The summed E-state index contributed by atoms with van der Waals surface area (Å²) in [5, 5.41) is 0. The molecule has 0 radical (unpaired) electrons. The highest BCUT2D eigenvalue weighted by Crippen LogP contribution is 2.24. The number of ether oxygens (including phenoxy) is 1. The van der Waals surface area contributed by atoms with Crippen molar-refractivity contribution in [3.05, 3.63) is 35.9 Å². The number of amides is 1. The average Bonchev–Trinajstić information content (AvgIpc) is 2.53. The van der Waals surface area contributed by atoms with Crippen LogP contribution in [0.3, 0.4) is 0 Å². The van der Waals surface area contributed by atoms with E-state index in [0.29, 0.717) is 18.6 Å². The molecular formula is C17H27Cl2N3O2. The number of benzene rings is 1. The molecule has 2 saturated heterocycles. The third kappa shape index (κ3) is 5.24. The van der Waals surface area contributed by atoms with Crippen molar-refractivity contribution in [1.29, 1.82) is 0 Å². The van der Waals surface area contributed by atoms with E-state index in [4.69, 9.17) is 10.5 Å². The number of piperidine rings is 1. The van der Waals surface area contributed by atoms with Crippen LogP contribution in [0.4, 0.5) is 4.79 Å². The van der Waals surface area contributed by atoms with Crippen LogP contribution in [0.1, 0.15) is 18.4 Å². The number of hydrogen-bond acceptors (Lipinski definition) is 4. The van der Waals surface area contributed by atoms with E-state index in [-0.39, 0.29) is 30.9 Å². The number of nitrogens with two attached hydrogens (primary N) is 1. The van der Waals surface area contributed by atoms with Crippen LogP contribution in [0.25, 0.3) is 0 Å². The number of carbonyl (C=O) groups is 1. The van der Waals surface area contributed by atoms with E-state index < -0.39 is 0 Å². The zero-order valence-electron chi connectivity index (χ0n) is 13.8. The van der Waals surface area contributed by atoms with Crippen LogP contribution < -0.4 is 5.73 Å². The highest BCUT2D eigenvalue weighted by Gasteiger charge is 2.34. The largest absolute Gasteiger partial charge is 0.445 e. The van der Waals surface area contributed by atoms with Gasteiger partial charge < -0.3 is 15.4 Å². The quantitative estimate of drug-likeness (QED) is 0.878. The summed E-state index contributed by atoms with van der Waals surface area (Å²) in [4.78, 5) is 16.4. The number of hydrogen-bond donors (Lipinski definition) is 1. The fourth-order valence-electron chi connectivity index (χ4n) is 3.28. The van der Waals surface area contributed by atoms with Gasteiger partial charge in [0.1, 0.15) is 6.61 Å². The van der Waals surface area contributed by atoms with Gasteiger partial charge in [-0.25, -0.2) is 4.79 Å². The van der Waals surface area contributed by atoms with Crippen molar-refractivity contribution in [2.75, 3.05) is 32.7 Å². The Morgan fingerprint density at radius 2 is 1.75 bits per heavy atom. The molecular weight excluding hydrogens is 349 g/mol. The van der Waals surface area contributed by atoms with Gasteiger partial charge in [-0.1, -0.05) is 30.3 Å². The molecule has 0 aromatic heterocycles. The number of rotatable bonds is 4. The van der Waals surface area contributed by atoms with Crippen molar-refractivity contribution in [2.24, 2.45) is 11.7 Å². The van der Waals surface area contributed by atoms with Gasteiger partial charge in [-0.2, -0.15) is 0 Å². The van der Waals surface area contributed by atoms with Crippen molar-refractivity contribution in [1.82, 2.24) is 9.80 Å². The minimum Gasteiger partial charge on any atom is -0.445 e. The van der Waals surface area contributed by atoms with Gasteiger partial charge in [-0.3, -0.25) is 4.90 Å². The third-order valence-corrected chi connectivity index (χ3v) is 4.76. The summed E-state index contributed by atoms with van der Waals surface area (Å²) in [6.07, 6.45) is 1.89. The molecule has 5 nitrogen and oxygen atoms in total. The fraction of sp³-hybridized carbons (Fsp3) is 0.588. The molecule has 2 aliphatic heterocycles. The summed E-state index contributed by atoms with van der Waals surface area (Å²) in [7, 11) is 0. The Labute approximate surface area is 156 Å². The van der Waals surface area contributed by atoms with Crippen LogP contribution in [0.15, 0.2) is 30.3 Å². The number of likely N-dealkylation sites (tertiary alicyclic amines) is 2. The smallest absolute Gasteiger partial charge is 0.410 e. The van der Waals surface area contributed by atoms with E-state index in [0.717, 1.165) is 51.1 Å². The van der Waals surface area contributed by atoms with Crippen LogP contribution in [-0.4, -0.2) is 54.7 Å². The summed E-state index contributed by atoms with van der Waals surface area (Å²) in [5.74, 6) is 0.675. The molecule has 24 heavy (non-hydrogen) atoms.